The Labute approximate surface area is 306 Å². The van der Waals surface area contributed by atoms with E-state index in [1.165, 1.54) is 0 Å². The van der Waals surface area contributed by atoms with E-state index in [0.29, 0.717) is 48.7 Å². The summed E-state index contributed by atoms with van der Waals surface area (Å²) in [7, 11) is 0. The first-order chi connectivity index (χ1) is 24.4. The van der Waals surface area contributed by atoms with E-state index in [1.807, 2.05) is 24.3 Å². The monoisotopic (exact) mass is 711 g/mol. The summed E-state index contributed by atoms with van der Waals surface area (Å²) in [6.07, 6.45) is 2.45. The maximum Gasteiger partial charge on any atom is 0.251 e. The molecule has 52 heavy (non-hydrogen) atoms. The number of nitriles is 1. The number of aryl methyl sites for hydroxylation is 2. The van der Waals surface area contributed by atoms with Crippen molar-refractivity contribution in [2.24, 2.45) is 5.92 Å². The summed E-state index contributed by atoms with van der Waals surface area (Å²) in [5.41, 5.74) is 2.47. The van der Waals surface area contributed by atoms with E-state index >= 15 is 0 Å². The van der Waals surface area contributed by atoms with E-state index in [-0.39, 0.29) is 43.0 Å². The maximum absolute atomic E-state index is 13.3. The van der Waals surface area contributed by atoms with Gasteiger partial charge in [-0.2, -0.15) is 5.26 Å². The zero-order valence-corrected chi connectivity index (χ0v) is 31.4. The minimum absolute atomic E-state index is 0.0963. The number of fused-ring (bicyclic) bond motifs is 2. The van der Waals surface area contributed by atoms with Gasteiger partial charge in [0.2, 0.25) is 0 Å². The largest absolute Gasteiger partial charge is 0.389 e. The summed E-state index contributed by atoms with van der Waals surface area (Å²) in [5, 5.41) is 55.2. The fraction of sp³-hybridized carbons (Fsp3) is 0.538. The van der Waals surface area contributed by atoms with Gasteiger partial charge < -0.3 is 31.1 Å². The molecule has 1 saturated heterocycles. The molecule has 2 amide bonds. The van der Waals surface area contributed by atoms with Gasteiger partial charge in [0.05, 0.1) is 22.7 Å². The van der Waals surface area contributed by atoms with Gasteiger partial charge in [-0.05, 0) is 130 Å². The second-order valence-corrected chi connectivity index (χ2v) is 15.9. The van der Waals surface area contributed by atoms with E-state index in [9.17, 15) is 25.1 Å². The number of nitrogens with zero attached hydrogens (tertiary/aromatic N) is 5. The molecule has 1 aliphatic carbocycles. The molecule has 5 rings (SSSR count). The predicted molar refractivity (Wildman–Crippen MR) is 197 cm³/mol. The van der Waals surface area contributed by atoms with Crippen LogP contribution in [0.2, 0.25) is 0 Å². The van der Waals surface area contributed by atoms with E-state index in [2.05, 4.69) is 74.9 Å². The molecular formula is C39H53N9O4. The van der Waals surface area contributed by atoms with Gasteiger partial charge in [-0.3, -0.25) is 9.59 Å². The molecule has 6 N–H and O–H groups in total. The first-order valence-electron chi connectivity index (χ1n) is 18.0. The number of rotatable bonds is 13. The van der Waals surface area contributed by atoms with Gasteiger partial charge in [-0.25, -0.2) is 5.10 Å². The normalized spacial score (nSPS) is 20.2. The van der Waals surface area contributed by atoms with Crippen LogP contribution in [0.4, 0.5) is 0 Å². The molecule has 13 heteroatoms. The van der Waals surface area contributed by atoms with Crippen molar-refractivity contribution >= 4 is 11.8 Å². The average Bonchev–Trinajstić information content (AvgIpc) is 3.71. The molecule has 0 spiro atoms. The lowest BCUT2D eigenvalue weighted by Crippen LogP contribution is -2.43. The number of nitrogens with one attached hydrogen (secondary N) is 4. The quantitative estimate of drug-likeness (QED) is 0.154. The highest BCUT2D eigenvalue weighted by Crippen LogP contribution is 2.47. The summed E-state index contributed by atoms with van der Waals surface area (Å²) in [4.78, 5) is 28.7. The Morgan fingerprint density at radius 3 is 2.02 bits per heavy atom. The molecular weight excluding hydrogens is 658 g/mol. The summed E-state index contributed by atoms with van der Waals surface area (Å²) < 4.78 is 0. The SMILES string of the molecule is C=C(CN[C@H](C)CC1(c2nnn[nH]2)c2ccc(C(=O)NCC(C)(C)O)cc2CCc2cc(C(=O)NCC(C)(C)O)ccc21)N1C(C#N)C[C@H](C)C1C. The smallest absolute Gasteiger partial charge is 0.251 e. The lowest BCUT2D eigenvalue weighted by Gasteiger charge is -2.37. The third-order valence-electron chi connectivity index (χ3n) is 10.4. The average molecular weight is 712 g/mol. The Balaban J connectivity index is 1.56. The molecule has 278 valence electrons. The molecule has 2 heterocycles. The maximum atomic E-state index is 13.3. The Kier molecular flexibility index (Phi) is 11.2. The number of hydrogen-bond acceptors (Lipinski definition) is 10. The molecule has 2 unspecified atom stereocenters. The first kappa shape index (κ1) is 38.6. The zero-order valence-electron chi connectivity index (χ0n) is 31.4. The van der Waals surface area contributed by atoms with Crippen molar-refractivity contribution in [3.63, 3.8) is 0 Å². The lowest BCUT2D eigenvalue weighted by molar-refractivity contribution is 0.0694. The van der Waals surface area contributed by atoms with E-state index in [1.54, 1.807) is 39.8 Å². The van der Waals surface area contributed by atoms with Gasteiger partial charge in [0, 0.05) is 48.5 Å². The van der Waals surface area contributed by atoms with Crippen molar-refractivity contribution in [3.8, 4) is 6.07 Å². The van der Waals surface area contributed by atoms with Gasteiger partial charge in [0.1, 0.15) is 6.04 Å². The summed E-state index contributed by atoms with van der Waals surface area (Å²) >= 11 is 0. The molecule has 2 aliphatic rings. The van der Waals surface area contributed by atoms with Gasteiger partial charge in [0.25, 0.3) is 11.8 Å². The minimum atomic E-state index is -1.07. The number of benzene rings is 2. The fourth-order valence-electron chi connectivity index (χ4n) is 7.60. The van der Waals surface area contributed by atoms with Crippen LogP contribution in [0.5, 0.6) is 0 Å². The molecule has 0 bridgehead atoms. The van der Waals surface area contributed by atoms with E-state index < -0.39 is 16.6 Å². The van der Waals surface area contributed by atoms with Crippen LogP contribution in [-0.4, -0.2) is 96.5 Å². The summed E-state index contributed by atoms with van der Waals surface area (Å²) in [5.74, 6) is 0.316. The van der Waals surface area contributed by atoms with Crippen molar-refractivity contribution in [3.05, 3.63) is 87.9 Å². The van der Waals surface area contributed by atoms with Crippen molar-refractivity contribution in [2.75, 3.05) is 19.6 Å². The summed E-state index contributed by atoms with van der Waals surface area (Å²) in [6.45, 7) is 18.0. The standard InChI is InChI=1S/C39H53N9O4/c1-23-15-31(19-40)48(26(23)4)25(3)20-41-24(2)18-39(36-44-46-47-45-36)32-13-11-29(34(49)42-21-37(5,6)51)16-27(32)9-10-28-17-30(12-14-33(28)39)35(50)43-22-38(7,8)52/h11-14,16-17,23-24,26,31,41,51-52H,3,9-10,15,18,20-22H2,1-2,4-8H3,(H,42,49)(H,43,50)(H,44,45,46,47)/t23-,24+,26?,31?/m0/s1. The van der Waals surface area contributed by atoms with Crippen LogP contribution < -0.4 is 16.0 Å². The van der Waals surface area contributed by atoms with E-state index in [0.717, 1.165) is 34.4 Å². The van der Waals surface area contributed by atoms with Crippen LogP contribution in [-0.2, 0) is 18.3 Å². The number of hydrogen-bond donors (Lipinski definition) is 6. The lowest BCUT2D eigenvalue weighted by atomic mass is 9.67. The highest BCUT2D eigenvalue weighted by atomic mass is 16.3. The van der Waals surface area contributed by atoms with Gasteiger partial charge in [-0.1, -0.05) is 25.6 Å². The second kappa shape index (κ2) is 15.1. The number of amides is 2. The zero-order chi connectivity index (χ0) is 38.0. The number of tetrazole rings is 1. The van der Waals surface area contributed by atoms with Crippen LogP contribution in [0, 0.1) is 17.2 Å². The molecule has 1 fully saturated rings. The highest BCUT2D eigenvalue weighted by molar-refractivity contribution is 5.95. The van der Waals surface area contributed by atoms with Crippen molar-refractivity contribution in [1.82, 2.24) is 41.5 Å². The van der Waals surface area contributed by atoms with Crippen LogP contribution >= 0.6 is 0 Å². The van der Waals surface area contributed by atoms with Crippen LogP contribution in [0.3, 0.4) is 0 Å². The molecule has 3 aromatic rings. The molecule has 1 aliphatic heterocycles. The molecule has 0 saturated carbocycles. The molecule has 0 radical (unpaired) electrons. The van der Waals surface area contributed by atoms with E-state index in [4.69, 9.17) is 0 Å². The van der Waals surface area contributed by atoms with Crippen LogP contribution in [0.15, 0.2) is 48.7 Å². The van der Waals surface area contributed by atoms with Crippen LogP contribution in [0.1, 0.15) is 110 Å². The fourth-order valence-corrected chi connectivity index (χ4v) is 7.60. The third-order valence-corrected chi connectivity index (χ3v) is 10.4. The Hall–Kier alpha value is -4.64. The topological polar surface area (TPSA) is 192 Å². The van der Waals surface area contributed by atoms with Crippen molar-refractivity contribution < 1.29 is 19.8 Å². The molecule has 1 aromatic heterocycles. The first-order valence-corrected chi connectivity index (χ1v) is 18.0. The number of carbonyl (C=O) groups is 2. The van der Waals surface area contributed by atoms with Gasteiger partial charge >= 0.3 is 0 Å². The van der Waals surface area contributed by atoms with Gasteiger partial charge in [0.15, 0.2) is 5.82 Å². The van der Waals surface area contributed by atoms with Gasteiger partial charge in [-0.15, -0.1) is 5.10 Å². The molecule has 2 aromatic carbocycles. The second-order valence-electron chi connectivity index (χ2n) is 15.9. The Morgan fingerprint density at radius 2 is 1.56 bits per heavy atom. The molecule has 4 atom stereocenters. The van der Waals surface area contributed by atoms with Crippen molar-refractivity contribution in [2.45, 2.75) is 109 Å². The number of aromatic amines is 1. The third kappa shape index (κ3) is 8.36. The van der Waals surface area contributed by atoms with Crippen molar-refractivity contribution in [1.29, 1.82) is 5.26 Å². The molecule has 13 nitrogen and oxygen atoms in total. The van der Waals surface area contributed by atoms with Crippen LogP contribution in [0.25, 0.3) is 0 Å². The number of aliphatic hydroxyl groups is 2. The number of carbonyl (C=O) groups excluding carboxylic acids is 2. The predicted octanol–water partition coefficient (Wildman–Crippen LogP) is 3.14. The summed E-state index contributed by atoms with van der Waals surface area (Å²) in [6, 6.07) is 13.6. The Morgan fingerprint density at radius 1 is 1.02 bits per heavy atom. The highest BCUT2D eigenvalue weighted by Gasteiger charge is 2.45. The number of aromatic nitrogens is 4. The number of H-pyrrole nitrogens is 1. The minimum Gasteiger partial charge on any atom is -0.389 e. The Bertz CT molecular complexity index is 1740. The number of likely N-dealkylation sites (tertiary alicyclic amines) is 1.